The van der Waals surface area contributed by atoms with E-state index in [0.29, 0.717) is 12.5 Å². The first-order valence-corrected chi connectivity index (χ1v) is 8.19. The van der Waals surface area contributed by atoms with Crippen LogP contribution in [-0.2, 0) is 9.53 Å². The molecule has 0 aromatic rings. The second-order valence-corrected chi connectivity index (χ2v) is 6.73. The maximum atomic E-state index is 12.4. The standard InChI is InChI=1S/C16H30N2O2/c1-4-20-15(19)16(13(2)3)7-9-18(12-16)11-14-6-5-8-17-10-14/h13-14,17H,4-12H2,1-3H3. The Hall–Kier alpha value is -0.610. The van der Waals surface area contributed by atoms with Crippen LogP contribution in [-0.4, -0.2) is 50.2 Å². The van der Waals surface area contributed by atoms with E-state index < -0.39 is 0 Å². The van der Waals surface area contributed by atoms with Gasteiger partial charge in [0.25, 0.3) is 0 Å². The first kappa shape index (κ1) is 15.8. The van der Waals surface area contributed by atoms with Gasteiger partial charge in [0.15, 0.2) is 0 Å². The van der Waals surface area contributed by atoms with Crippen LogP contribution in [0, 0.1) is 17.3 Å². The number of hydrogen-bond donors (Lipinski definition) is 1. The van der Waals surface area contributed by atoms with Crippen molar-refractivity contribution < 1.29 is 9.53 Å². The number of carbonyl (C=O) groups is 1. The van der Waals surface area contributed by atoms with E-state index in [1.165, 1.54) is 12.8 Å². The number of hydrogen-bond acceptors (Lipinski definition) is 4. The fourth-order valence-corrected chi connectivity index (χ4v) is 3.66. The van der Waals surface area contributed by atoms with Gasteiger partial charge in [0.05, 0.1) is 12.0 Å². The molecule has 4 nitrogen and oxygen atoms in total. The molecule has 0 saturated carbocycles. The Morgan fingerprint density at radius 1 is 1.50 bits per heavy atom. The molecule has 2 fully saturated rings. The molecule has 0 aromatic heterocycles. The summed E-state index contributed by atoms with van der Waals surface area (Å²) in [4.78, 5) is 14.9. The molecule has 2 unspecified atom stereocenters. The summed E-state index contributed by atoms with van der Waals surface area (Å²) in [6.45, 7) is 12.0. The second-order valence-electron chi connectivity index (χ2n) is 6.73. The molecule has 0 aliphatic carbocycles. The van der Waals surface area contributed by atoms with E-state index in [4.69, 9.17) is 4.74 Å². The van der Waals surface area contributed by atoms with Gasteiger partial charge in [-0.15, -0.1) is 0 Å². The van der Waals surface area contributed by atoms with Gasteiger partial charge in [0, 0.05) is 13.1 Å². The van der Waals surface area contributed by atoms with Crippen LogP contribution in [0.15, 0.2) is 0 Å². The summed E-state index contributed by atoms with van der Waals surface area (Å²) < 4.78 is 5.35. The lowest BCUT2D eigenvalue weighted by atomic mass is 9.76. The lowest BCUT2D eigenvalue weighted by Gasteiger charge is -2.32. The van der Waals surface area contributed by atoms with Gasteiger partial charge < -0.3 is 15.0 Å². The molecule has 20 heavy (non-hydrogen) atoms. The molecule has 0 amide bonds. The van der Waals surface area contributed by atoms with Crippen LogP contribution in [0.25, 0.3) is 0 Å². The maximum Gasteiger partial charge on any atom is 0.313 e. The highest BCUT2D eigenvalue weighted by molar-refractivity contribution is 5.78. The second kappa shape index (κ2) is 6.90. The molecule has 0 radical (unpaired) electrons. The number of nitrogens with one attached hydrogen (secondary N) is 1. The fourth-order valence-electron chi connectivity index (χ4n) is 3.66. The molecular formula is C16H30N2O2. The van der Waals surface area contributed by atoms with Gasteiger partial charge in [-0.2, -0.15) is 0 Å². The minimum absolute atomic E-state index is 0.0132. The minimum atomic E-state index is -0.280. The van der Waals surface area contributed by atoms with Crippen LogP contribution in [0.4, 0.5) is 0 Å². The number of likely N-dealkylation sites (tertiary alicyclic amines) is 1. The Kier molecular flexibility index (Phi) is 5.44. The zero-order chi connectivity index (χ0) is 14.6. The smallest absolute Gasteiger partial charge is 0.313 e. The predicted octanol–water partition coefficient (Wildman–Crippen LogP) is 1.90. The lowest BCUT2D eigenvalue weighted by molar-refractivity contribution is -0.157. The van der Waals surface area contributed by atoms with E-state index in [0.717, 1.165) is 45.1 Å². The molecule has 0 spiro atoms. The number of esters is 1. The summed E-state index contributed by atoms with van der Waals surface area (Å²) in [5, 5.41) is 3.48. The topological polar surface area (TPSA) is 41.6 Å². The van der Waals surface area contributed by atoms with Crippen molar-refractivity contribution in [2.45, 2.75) is 40.0 Å². The van der Waals surface area contributed by atoms with Crippen LogP contribution >= 0.6 is 0 Å². The summed E-state index contributed by atoms with van der Waals surface area (Å²) in [6, 6.07) is 0. The quantitative estimate of drug-likeness (QED) is 0.782. The lowest BCUT2D eigenvalue weighted by Crippen LogP contribution is -2.42. The average molecular weight is 282 g/mol. The molecule has 2 saturated heterocycles. The average Bonchev–Trinajstić information content (AvgIpc) is 2.85. The number of ether oxygens (including phenoxy) is 1. The predicted molar refractivity (Wildman–Crippen MR) is 80.6 cm³/mol. The van der Waals surface area contributed by atoms with Crippen molar-refractivity contribution in [1.82, 2.24) is 10.2 Å². The highest BCUT2D eigenvalue weighted by atomic mass is 16.5. The van der Waals surface area contributed by atoms with Crippen LogP contribution in [0.1, 0.15) is 40.0 Å². The first-order valence-electron chi connectivity index (χ1n) is 8.19. The molecule has 1 N–H and O–H groups in total. The van der Waals surface area contributed by atoms with Crippen molar-refractivity contribution in [3.8, 4) is 0 Å². The van der Waals surface area contributed by atoms with Crippen molar-refractivity contribution in [2.75, 3.05) is 39.3 Å². The minimum Gasteiger partial charge on any atom is -0.466 e. The molecule has 2 rings (SSSR count). The Morgan fingerprint density at radius 2 is 2.30 bits per heavy atom. The largest absolute Gasteiger partial charge is 0.466 e. The Balaban J connectivity index is 1.94. The van der Waals surface area contributed by atoms with E-state index in [2.05, 4.69) is 24.1 Å². The van der Waals surface area contributed by atoms with E-state index in [-0.39, 0.29) is 11.4 Å². The highest BCUT2D eigenvalue weighted by Crippen LogP contribution is 2.39. The molecule has 0 aromatic carbocycles. The Bertz CT molecular complexity index is 326. The monoisotopic (exact) mass is 282 g/mol. The highest BCUT2D eigenvalue weighted by Gasteiger charge is 2.48. The molecule has 2 aliphatic rings. The normalized spacial score (nSPS) is 31.7. The maximum absolute atomic E-state index is 12.4. The van der Waals surface area contributed by atoms with Gasteiger partial charge in [-0.1, -0.05) is 13.8 Å². The van der Waals surface area contributed by atoms with Crippen molar-refractivity contribution in [3.63, 3.8) is 0 Å². The summed E-state index contributed by atoms with van der Waals surface area (Å²) >= 11 is 0. The van der Waals surface area contributed by atoms with Crippen LogP contribution in [0.3, 0.4) is 0 Å². The molecular weight excluding hydrogens is 252 g/mol. The molecule has 2 atom stereocenters. The van der Waals surface area contributed by atoms with Gasteiger partial charge in [0.1, 0.15) is 0 Å². The molecule has 2 heterocycles. The molecule has 4 heteroatoms. The summed E-state index contributed by atoms with van der Waals surface area (Å²) in [6.07, 6.45) is 3.55. The van der Waals surface area contributed by atoms with Crippen molar-refractivity contribution >= 4 is 5.97 Å². The SMILES string of the molecule is CCOC(=O)C1(C(C)C)CCN(CC2CCCNC2)C1. The molecule has 2 aliphatic heterocycles. The van der Waals surface area contributed by atoms with Crippen molar-refractivity contribution in [2.24, 2.45) is 17.3 Å². The number of carbonyl (C=O) groups excluding carboxylic acids is 1. The zero-order valence-corrected chi connectivity index (χ0v) is 13.3. The zero-order valence-electron chi connectivity index (χ0n) is 13.3. The first-order chi connectivity index (χ1) is 9.58. The summed E-state index contributed by atoms with van der Waals surface area (Å²) in [5.41, 5.74) is -0.280. The van der Waals surface area contributed by atoms with Crippen LogP contribution < -0.4 is 5.32 Å². The van der Waals surface area contributed by atoms with Gasteiger partial charge in [-0.05, 0) is 57.7 Å². The van der Waals surface area contributed by atoms with E-state index in [9.17, 15) is 4.79 Å². The van der Waals surface area contributed by atoms with Crippen LogP contribution in [0.2, 0.25) is 0 Å². The number of nitrogens with zero attached hydrogens (tertiary/aromatic N) is 1. The van der Waals surface area contributed by atoms with Crippen molar-refractivity contribution in [1.29, 1.82) is 0 Å². The molecule has 0 bridgehead atoms. The number of piperidine rings is 1. The van der Waals surface area contributed by atoms with Gasteiger partial charge in [0.2, 0.25) is 0 Å². The fraction of sp³-hybridized carbons (Fsp3) is 0.938. The third-order valence-corrected chi connectivity index (χ3v) is 5.08. The van der Waals surface area contributed by atoms with E-state index in [1.807, 2.05) is 6.92 Å². The van der Waals surface area contributed by atoms with Gasteiger partial charge in [-0.3, -0.25) is 4.79 Å². The summed E-state index contributed by atoms with van der Waals surface area (Å²) in [7, 11) is 0. The van der Waals surface area contributed by atoms with Crippen LogP contribution in [0.5, 0.6) is 0 Å². The summed E-state index contributed by atoms with van der Waals surface area (Å²) in [5.74, 6) is 1.10. The van der Waals surface area contributed by atoms with E-state index in [1.54, 1.807) is 0 Å². The van der Waals surface area contributed by atoms with Gasteiger partial charge in [-0.25, -0.2) is 0 Å². The number of rotatable bonds is 5. The molecule has 116 valence electrons. The Labute approximate surface area is 123 Å². The third-order valence-electron chi connectivity index (χ3n) is 5.08. The Morgan fingerprint density at radius 3 is 2.90 bits per heavy atom. The van der Waals surface area contributed by atoms with Gasteiger partial charge >= 0.3 is 5.97 Å². The third kappa shape index (κ3) is 3.34. The van der Waals surface area contributed by atoms with Crippen molar-refractivity contribution in [3.05, 3.63) is 0 Å². The van der Waals surface area contributed by atoms with E-state index >= 15 is 0 Å².